The van der Waals surface area contributed by atoms with Gasteiger partial charge in [0.2, 0.25) is 10.0 Å². The molecule has 1 aromatic rings. The van der Waals surface area contributed by atoms with Crippen LogP contribution in [0.1, 0.15) is 0 Å². The van der Waals surface area contributed by atoms with Crippen LogP contribution in [0.25, 0.3) is 0 Å². The summed E-state index contributed by atoms with van der Waals surface area (Å²) in [6, 6.07) is 4.68. The lowest BCUT2D eigenvalue weighted by Gasteiger charge is -2.09. The molecule has 1 rings (SSSR count). The van der Waals surface area contributed by atoms with E-state index in [0.717, 1.165) is 0 Å². The minimum atomic E-state index is -3.92. The van der Waals surface area contributed by atoms with E-state index in [2.05, 4.69) is 20.7 Å². The topological polar surface area (TPSA) is 92.7 Å². The first-order valence-corrected chi connectivity index (χ1v) is 6.84. The second kappa shape index (κ2) is 5.37. The molecule has 8 heteroatoms. The van der Waals surface area contributed by atoms with Crippen LogP contribution in [0.5, 0.6) is 5.75 Å². The van der Waals surface area contributed by atoms with E-state index in [9.17, 15) is 13.2 Å². The van der Waals surface area contributed by atoms with E-state index in [1.807, 2.05) is 0 Å². The fourth-order valence-corrected chi connectivity index (χ4v) is 2.45. The SMILES string of the molecule is COc1ccc(Br)c(NS(=O)(=O)CC(=O)O)c1. The van der Waals surface area contributed by atoms with Gasteiger partial charge < -0.3 is 9.84 Å². The lowest BCUT2D eigenvalue weighted by molar-refractivity contribution is -0.134. The molecule has 0 aromatic heterocycles. The van der Waals surface area contributed by atoms with Crippen LogP contribution in [0.3, 0.4) is 0 Å². The number of methoxy groups -OCH3 is 1. The van der Waals surface area contributed by atoms with E-state index >= 15 is 0 Å². The minimum Gasteiger partial charge on any atom is -0.497 e. The van der Waals surface area contributed by atoms with Gasteiger partial charge in [0, 0.05) is 10.5 Å². The Labute approximate surface area is 107 Å². The van der Waals surface area contributed by atoms with Crippen LogP contribution in [0.15, 0.2) is 22.7 Å². The smallest absolute Gasteiger partial charge is 0.320 e. The second-order valence-corrected chi connectivity index (χ2v) is 5.68. The van der Waals surface area contributed by atoms with Gasteiger partial charge in [-0.1, -0.05) is 0 Å². The fourth-order valence-electron chi connectivity index (χ4n) is 1.08. The molecule has 0 unspecified atom stereocenters. The summed E-state index contributed by atoms with van der Waals surface area (Å²) in [6.45, 7) is 0. The van der Waals surface area contributed by atoms with Crippen molar-refractivity contribution < 1.29 is 23.1 Å². The normalized spacial score (nSPS) is 10.9. The summed E-state index contributed by atoms with van der Waals surface area (Å²) in [7, 11) is -2.47. The van der Waals surface area contributed by atoms with Gasteiger partial charge in [-0.25, -0.2) is 8.42 Å². The third-order valence-corrected chi connectivity index (χ3v) is 3.60. The van der Waals surface area contributed by atoms with Gasteiger partial charge in [-0.15, -0.1) is 0 Å². The Hall–Kier alpha value is -1.28. The van der Waals surface area contributed by atoms with Crippen molar-refractivity contribution in [3.8, 4) is 5.75 Å². The minimum absolute atomic E-state index is 0.227. The first-order valence-electron chi connectivity index (χ1n) is 4.40. The molecule has 0 spiro atoms. The molecule has 0 bridgehead atoms. The van der Waals surface area contributed by atoms with Gasteiger partial charge in [-0.05, 0) is 28.1 Å². The molecule has 6 nitrogen and oxygen atoms in total. The average Bonchev–Trinajstić information content (AvgIpc) is 2.19. The molecule has 0 aliphatic heterocycles. The Morgan fingerprint density at radius 3 is 2.71 bits per heavy atom. The van der Waals surface area contributed by atoms with Crippen molar-refractivity contribution in [2.75, 3.05) is 17.6 Å². The van der Waals surface area contributed by atoms with Crippen LogP contribution in [-0.4, -0.2) is 32.4 Å². The molecular weight excluding hydrogens is 314 g/mol. The molecule has 0 aliphatic carbocycles. The summed E-state index contributed by atoms with van der Waals surface area (Å²) in [5, 5.41) is 8.44. The van der Waals surface area contributed by atoms with E-state index in [-0.39, 0.29) is 5.69 Å². The van der Waals surface area contributed by atoms with Gasteiger partial charge in [-0.3, -0.25) is 9.52 Å². The Bertz CT molecular complexity index is 528. The number of benzene rings is 1. The lowest BCUT2D eigenvalue weighted by atomic mass is 10.3. The summed E-state index contributed by atoms with van der Waals surface area (Å²) in [5.41, 5.74) is 0.227. The van der Waals surface area contributed by atoms with Crippen LogP contribution in [0, 0.1) is 0 Å². The molecule has 0 fully saturated rings. The number of rotatable bonds is 5. The molecule has 17 heavy (non-hydrogen) atoms. The summed E-state index contributed by atoms with van der Waals surface area (Å²) >= 11 is 3.15. The predicted octanol–water partition coefficient (Wildman–Crippen LogP) is 1.28. The van der Waals surface area contributed by atoms with Crippen LogP contribution >= 0.6 is 15.9 Å². The Morgan fingerprint density at radius 1 is 1.53 bits per heavy atom. The van der Waals surface area contributed by atoms with Crippen LogP contribution in [0.4, 0.5) is 5.69 Å². The maximum Gasteiger partial charge on any atom is 0.320 e. The summed E-state index contributed by atoms with van der Waals surface area (Å²) in [5.74, 6) is -1.95. The van der Waals surface area contributed by atoms with Gasteiger partial charge in [0.15, 0.2) is 5.75 Å². The maximum atomic E-state index is 11.4. The van der Waals surface area contributed by atoms with Crippen molar-refractivity contribution in [3.63, 3.8) is 0 Å². The molecule has 2 N–H and O–H groups in total. The number of aliphatic carboxylic acids is 1. The molecule has 0 aliphatic rings. The summed E-state index contributed by atoms with van der Waals surface area (Å²) < 4.78 is 30.4. The predicted molar refractivity (Wildman–Crippen MR) is 65.7 cm³/mol. The van der Waals surface area contributed by atoms with Crippen molar-refractivity contribution in [1.82, 2.24) is 0 Å². The van der Waals surface area contributed by atoms with Gasteiger partial charge >= 0.3 is 5.97 Å². The molecule has 0 saturated carbocycles. The number of ether oxygens (including phenoxy) is 1. The molecule has 0 radical (unpaired) electrons. The monoisotopic (exact) mass is 323 g/mol. The number of carboxylic acid groups (broad SMARTS) is 1. The first kappa shape index (κ1) is 13.8. The van der Waals surface area contributed by atoms with Gasteiger partial charge in [0.1, 0.15) is 5.75 Å². The standard InChI is InChI=1S/C9H10BrNO5S/c1-16-6-2-3-7(10)8(4-6)11-17(14,15)5-9(12)13/h2-4,11H,5H2,1H3,(H,12,13). The third kappa shape index (κ3) is 4.23. The van der Waals surface area contributed by atoms with Gasteiger partial charge in [0.25, 0.3) is 0 Å². The first-order chi connectivity index (χ1) is 7.84. The van der Waals surface area contributed by atoms with Crippen LogP contribution in [0.2, 0.25) is 0 Å². The lowest BCUT2D eigenvalue weighted by Crippen LogP contribution is -2.22. The number of sulfonamides is 1. The second-order valence-electron chi connectivity index (χ2n) is 3.10. The highest BCUT2D eigenvalue weighted by molar-refractivity contribution is 9.10. The van der Waals surface area contributed by atoms with Crippen LogP contribution < -0.4 is 9.46 Å². The molecule has 0 saturated heterocycles. The molecule has 0 atom stereocenters. The average molecular weight is 324 g/mol. The van der Waals surface area contributed by atoms with Crippen molar-refractivity contribution in [2.45, 2.75) is 0 Å². The number of carboxylic acids is 1. The number of carbonyl (C=O) groups is 1. The molecule has 0 amide bonds. The zero-order valence-electron chi connectivity index (χ0n) is 8.81. The van der Waals surface area contributed by atoms with Crippen molar-refractivity contribution in [3.05, 3.63) is 22.7 Å². The summed E-state index contributed by atoms with van der Waals surface area (Å²) in [6.07, 6.45) is 0. The summed E-state index contributed by atoms with van der Waals surface area (Å²) in [4.78, 5) is 10.4. The zero-order valence-corrected chi connectivity index (χ0v) is 11.2. The Kier molecular flexibility index (Phi) is 4.35. The van der Waals surface area contributed by atoms with E-state index < -0.39 is 21.7 Å². The fraction of sp³-hybridized carbons (Fsp3) is 0.222. The van der Waals surface area contributed by atoms with Crippen molar-refractivity contribution in [2.24, 2.45) is 0 Å². The Morgan fingerprint density at radius 2 is 2.18 bits per heavy atom. The number of hydrogen-bond acceptors (Lipinski definition) is 4. The quantitative estimate of drug-likeness (QED) is 0.851. The van der Waals surface area contributed by atoms with Crippen molar-refractivity contribution in [1.29, 1.82) is 0 Å². The number of hydrogen-bond donors (Lipinski definition) is 2. The molecular formula is C9H10BrNO5S. The van der Waals surface area contributed by atoms with Crippen LogP contribution in [-0.2, 0) is 14.8 Å². The third-order valence-electron chi connectivity index (χ3n) is 1.75. The molecule has 0 heterocycles. The zero-order chi connectivity index (χ0) is 13.1. The van der Waals surface area contributed by atoms with Gasteiger partial charge in [0.05, 0.1) is 12.8 Å². The van der Waals surface area contributed by atoms with Gasteiger partial charge in [-0.2, -0.15) is 0 Å². The number of nitrogens with one attached hydrogen (secondary N) is 1. The highest BCUT2D eigenvalue weighted by atomic mass is 79.9. The molecule has 94 valence electrons. The largest absolute Gasteiger partial charge is 0.497 e. The van der Waals surface area contributed by atoms with Crippen molar-refractivity contribution >= 4 is 37.6 Å². The Balaban J connectivity index is 2.98. The number of anilines is 1. The molecule has 1 aromatic carbocycles. The highest BCUT2D eigenvalue weighted by Gasteiger charge is 2.17. The van der Waals surface area contributed by atoms with E-state index in [4.69, 9.17) is 9.84 Å². The van der Waals surface area contributed by atoms with E-state index in [0.29, 0.717) is 10.2 Å². The highest BCUT2D eigenvalue weighted by Crippen LogP contribution is 2.27. The number of halogens is 1. The van der Waals surface area contributed by atoms with E-state index in [1.54, 1.807) is 12.1 Å². The maximum absolute atomic E-state index is 11.4. The van der Waals surface area contributed by atoms with E-state index in [1.165, 1.54) is 13.2 Å².